The van der Waals surface area contributed by atoms with Crippen molar-refractivity contribution in [2.24, 2.45) is 11.1 Å². The Bertz CT molecular complexity index is 361. The van der Waals surface area contributed by atoms with Gasteiger partial charge in [-0.1, -0.05) is 19.9 Å². The van der Waals surface area contributed by atoms with Gasteiger partial charge in [-0.3, -0.25) is 0 Å². The van der Waals surface area contributed by atoms with Crippen LogP contribution in [0.3, 0.4) is 0 Å². The molecule has 0 aliphatic carbocycles. The van der Waals surface area contributed by atoms with Gasteiger partial charge in [-0.05, 0) is 43.0 Å². The molecule has 0 radical (unpaired) electrons. The van der Waals surface area contributed by atoms with Crippen LogP contribution in [-0.4, -0.2) is 20.3 Å². The second kappa shape index (κ2) is 5.92. The van der Waals surface area contributed by atoms with Gasteiger partial charge in [0.1, 0.15) is 0 Å². The van der Waals surface area contributed by atoms with Gasteiger partial charge in [-0.15, -0.1) is 0 Å². The zero-order chi connectivity index (χ0) is 12.9. The van der Waals surface area contributed by atoms with E-state index in [1.807, 2.05) is 19.1 Å². The molecule has 0 amide bonds. The molecule has 96 valence electrons. The summed E-state index contributed by atoms with van der Waals surface area (Å²) in [5.41, 5.74) is 7.08. The quantitative estimate of drug-likeness (QED) is 0.827. The van der Waals surface area contributed by atoms with Crippen LogP contribution in [0.15, 0.2) is 18.2 Å². The third-order valence-electron chi connectivity index (χ3n) is 2.76. The minimum atomic E-state index is 0.109. The van der Waals surface area contributed by atoms with Crippen molar-refractivity contribution in [3.63, 3.8) is 0 Å². The fourth-order valence-corrected chi connectivity index (χ4v) is 1.72. The van der Waals surface area contributed by atoms with E-state index in [0.29, 0.717) is 13.2 Å². The minimum absolute atomic E-state index is 0.109. The van der Waals surface area contributed by atoms with Crippen LogP contribution in [0.5, 0.6) is 11.5 Å². The molecule has 17 heavy (non-hydrogen) atoms. The van der Waals surface area contributed by atoms with Crippen LogP contribution in [0.4, 0.5) is 0 Å². The summed E-state index contributed by atoms with van der Waals surface area (Å²) < 4.78 is 10.8. The molecule has 0 fully saturated rings. The summed E-state index contributed by atoms with van der Waals surface area (Å²) in [6.45, 7) is 7.60. The zero-order valence-electron chi connectivity index (χ0n) is 11.2. The number of rotatable bonds is 6. The number of benzene rings is 1. The highest BCUT2D eigenvalue weighted by atomic mass is 16.5. The standard InChI is InChI=1S/C14H23NO2/c1-5-17-12-7-6-11(8-13(12)16-4)9-14(2,3)10-15/h6-8H,5,9-10,15H2,1-4H3. The molecular weight excluding hydrogens is 214 g/mol. The normalized spacial score (nSPS) is 11.4. The first-order chi connectivity index (χ1) is 8.02. The van der Waals surface area contributed by atoms with E-state index >= 15 is 0 Å². The van der Waals surface area contributed by atoms with Crippen LogP contribution in [0.25, 0.3) is 0 Å². The summed E-state index contributed by atoms with van der Waals surface area (Å²) in [5, 5.41) is 0. The highest BCUT2D eigenvalue weighted by Gasteiger charge is 2.17. The Kier molecular flexibility index (Phi) is 4.82. The summed E-state index contributed by atoms with van der Waals surface area (Å²) in [6, 6.07) is 6.07. The van der Waals surface area contributed by atoms with Crippen LogP contribution >= 0.6 is 0 Å². The number of ether oxygens (including phenoxy) is 2. The van der Waals surface area contributed by atoms with Crippen molar-refractivity contribution >= 4 is 0 Å². The van der Waals surface area contributed by atoms with Crippen LogP contribution in [-0.2, 0) is 6.42 Å². The molecule has 2 N–H and O–H groups in total. The topological polar surface area (TPSA) is 44.5 Å². The van der Waals surface area contributed by atoms with Crippen molar-refractivity contribution in [3.05, 3.63) is 23.8 Å². The Morgan fingerprint density at radius 2 is 1.94 bits per heavy atom. The molecule has 0 unspecified atom stereocenters. The first-order valence-corrected chi connectivity index (χ1v) is 6.02. The second-order valence-electron chi connectivity index (χ2n) is 4.96. The summed E-state index contributed by atoms with van der Waals surface area (Å²) in [5.74, 6) is 1.58. The lowest BCUT2D eigenvalue weighted by Gasteiger charge is -2.22. The molecule has 1 rings (SSSR count). The first-order valence-electron chi connectivity index (χ1n) is 6.02. The molecule has 0 aliphatic rings. The highest BCUT2D eigenvalue weighted by Crippen LogP contribution is 2.30. The van der Waals surface area contributed by atoms with Crippen molar-refractivity contribution < 1.29 is 9.47 Å². The third-order valence-corrected chi connectivity index (χ3v) is 2.76. The monoisotopic (exact) mass is 237 g/mol. The summed E-state index contributed by atoms with van der Waals surface area (Å²) in [6.07, 6.45) is 0.937. The van der Waals surface area contributed by atoms with Crippen molar-refractivity contribution in [1.82, 2.24) is 0 Å². The average molecular weight is 237 g/mol. The zero-order valence-corrected chi connectivity index (χ0v) is 11.2. The van der Waals surface area contributed by atoms with Crippen LogP contribution in [0.2, 0.25) is 0 Å². The largest absolute Gasteiger partial charge is 0.493 e. The Labute approximate surface area is 104 Å². The Hall–Kier alpha value is -1.22. The Morgan fingerprint density at radius 1 is 1.24 bits per heavy atom. The van der Waals surface area contributed by atoms with Gasteiger partial charge >= 0.3 is 0 Å². The van der Waals surface area contributed by atoms with Crippen molar-refractivity contribution in [3.8, 4) is 11.5 Å². The maximum absolute atomic E-state index is 5.75. The maximum atomic E-state index is 5.75. The van der Waals surface area contributed by atoms with Crippen LogP contribution < -0.4 is 15.2 Å². The molecule has 0 bridgehead atoms. The predicted molar refractivity (Wildman–Crippen MR) is 70.7 cm³/mol. The molecular formula is C14H23NO2. The van der Waals surface area contributed by atoms with Crippen LogP contribution in [0, 0.1) is 5.41 Å². The van der Waals surface area contributed by atoms with E-state index < -0.39 is 0 Å². The molecule has 0 aromatic heterocycles. The Balaban J connectivity index is 2.89. The molecule has 1 aromatic rings. The smallest absolute Gasteiger partial charge is 0.161 e. The molecule has 1 aromatic carbocycles. The van der Waals surface area contributed by atoms with E-state index in [9.17, 15) is 0 Å². The molecule has 3 heteroatoms. The van der Waals surface area contributed by atoms with Gasteiger partial charge in [0.25, 0.3) is 0 Å². The number of methoxy groups -OCH3 is 1. The molecule has 3 nitrogen and oxygen atoms in total. The molecule has 0 aliphatic heterocycles. The third kappa shape index (κ3) is 3.93. The molecule has 0 spiro atoms. The highest BCUT2D eigenvalue weighted by molar-refractivity contribution is 5.43. The second-order valence-corrected chi connectivity index (χ2v) is 4.96. The fraction of sp³-hybridized carbons (Fsp3) is 0.571. The maximum Gasteiger partial charge on any atom is 0.161 e. The lowest BCUT2D eigenvalue weighted by Crippen LogP contribution is -2.25. The van der Waals surface area contributed by atoms with Gasteiger partial charge in [0.15, 0.2) is 11.5 Å². The fourth-order valence-electron chi connectivity index (χ4n) is 1.72. The summed E-state index contributed by atoms with van der Waals surface area (Å²) in [4.78, 5) is 0. The van der Waals surface area contributed by atoms with E-state index in [-0.39, 0.29) is 5.41 Å². The number of hydrogen-bond donors (Lipinski definition) is 1. The summed E-state index contributed by atoms with van der Waals surface area (Å²) in [7, 11) is 1.66. The predicted octanol–water partition coefficient (Wildman–Crippen LogP) is 2.62. The van der Waals surface area contributed by atoms with E-state index in [2.05, 4.69) is 19.9 Å². The lowest BCUT2D eigenvalue weighted by atomic mass is 9.86. The van der Waals surface area contributed by atoms with E-state index in [4.69, 9.17) is 15.2 Å². The van der Waals surface area contributed by atoms with Gasteiger partial charge in [0.05, 0.1) is 13.7 Å². The molecule has 0 saturated carbocycles. The van der Waals surface area contributed by atoms with Crippen molar-refractivity contribution in [2.45, 2.75) is 27.2 Å². The van der Waals surface area contributed by atoms with Crippen LogP contribution in [0.1, 0.15) is 26.3 Å². The first kappa shape index (κ1) is 13.8. The molecule has 0 saturated heterocycles. The van der Waals surface area contributed by atoms with Gasteiger partial charge in [-0.25, -0.2) is 0 Å². The van der Waals surface area contributed by atoms with Gasteiger partial charge in [0.2, 0.25) is 0 Å². The minimum Gasteiger partial charge on any atom is -0.493 e. The van der Waals surface area contributed by atoms with E-state index in [1.54, 1.807) is 7.11 Å². The number of hydrogen-bond acceptors (Lipinski definition) is 3. The van der Waals surface area contributed by atoms with Crippen molar-refractivity contribution in [1.29, 1.82) is 0 Å². The SMILES string of the molecule is CCOc1ccc(CC(C)(C)CN)cc1OC. The average Bonchev–Trinajstić information content (AvgIpc) is 2.31. The number of nitrogens with two attached hydrogens (primary N) is 1. The lowest BCUT2D eigenvalue weighted by molar-refractivity contribution is 0.310. The van der Waals surface area contributed by atoms with Gasteiger partial charge in [0, 0.05) is 0 Å². The molecule has 0 atom stereocenters. The van der Waals surface area contributed by atoms with Gasteiger partial charge < -0.3 is 15.2 Å². The van der Waals surface area contributed by atoms with Crippen molar-refractivity contribution in [2.75, 3.05) is 20.3 Å². The van der Waals surface area contributed by atoms with E-state index in [1.165, 1.54) is 5.56 Å². The summed E-state index contributed by atoms with van der Waals surface area (Å²) >= 11 is 0. The van der Waals surface area contributed by atoms with Gasteiger partial charge in [-0.2, -0.15) is 0 Å². The Morgan fingerprint density at radius 3 is 2.47 bits per heavy atom. The van der Waals surface area contributed by atoms with E-state index in [0.717, 1.165) is 17.9 Å². The molecule has 0 heterocycles.